The Morgan fingerprint density at radius 1 is 1.26 bits per heavy atom. The van der Waals surface area contributed by atoms with E-state index in [4.69, 9.17) is 23.2 Å². The van der Waals surface area contributed by atoms with E-state index in [9.17, 15) is 13.3 Å². The fraction of sp³-hybridized carbons (Fsp3) is 0.421. The Labute approximate surface area is 170 Å². The van der Waals surface area contributed by atoms with Crippen LogP contribution in [-0.4, -0.2) is 14.3 Å². The van der Waals surface area contributed by atoms with Crippen LogP contribution in [0.1, 0.15) is 62.4 Å². The minimum absolute atomic E-state index is 0.0797. The van der Waals surface area contributed by atoms with Crippen molar-refractivity contribution in [2.45, 2.75) is 50.3 Å². The molecule has 0 unspecified atom stereocenters. The lowest BCUT2D eigenvalue weighted by Gasteiger charge is -2.28. The van der Waals surface area contributed by atoms with Gasteiger partial charge in [-0.3, -0.25) is 4.98 Å². The summed E-state index contributed by atoms with van der Waals surface area (Å²) < 4.78 is 43.3. The molecule has 1 saturated carbocycles. The molecular weight excluding hydrogens is 413 g/mol. The second-order valence-corrected chi connectivity index (χ2v) is 10.4. The van der Waals surface area contributed by atoms with Crippen molar-refractivity contribution >= 4 is 34.6 Å². The maximum atomic E-state index is 14.7. The first-order valence-electron chi connectivity index (χ1n) is 8.56. The molecular formula is C19H20Cl2F2N2OS. The van der Waals surface area contributed by atoms with Gasteiger partial charge < -0.3 is 4.55 Å². The van der Waals surface area contributed by atoms with Gasteiger partial charge in [-0.25, -0.2) is 8.78 Å². The zero-order valence-corrected chi connectivity index (χ0v) is 17.5. The molecule has 27 heavy (non-hydrogen) atoms. The lowest BCUT2D eigenvalue weighted by molar-refractivity contribution is 0.525. The number of nitrogens with zero attached hydrogens (tertiary/aromatic N) is 1. The monoisotopic (exact) mass is 432 g/mol. The molecule has 0 aliphatic heterocycles. The van der Waals surface area contributed by atoms with Crippen molar-refractivity contribution in [2.24, 2.45) is 0 Å². The molecule has 2 atom stereocenters. The number of nitrogens with one attached hydrogen (secondary N) is 1. The van der Waals surface area contributed by atoms with E-state index in [1.807, 2.05) is 0 Å². The first kappa shape index (κ1) is 20.8. The molecule has 1 aliphatic rings. The molecule has 3 nitrogen and oxygen atoms in total. The minimum atomic E-state index is -1.52. The Morgan fingerprint density at radius 3 is 2.48 bits per heavy atom. The van der Waals surface area contributed by atoms with Gasteiger partial charge in [-0.2, -0.15) is 0 Å². The average Bonchev–Trinajstić information content (AvgIpc) is 3.42. The van der Waals surface area contributed by atoms with Crippen molar-refractivity contribution in [3.63, 3.8) is 0 Å². The fourth-order valence-electron chi connectivity index (χ4n) is 2.64. The summed E-state index contributed by atoms with van der Waals surface area (Å²) in [5.41, 5.74) is 1.42. The Balaban J connectivity index is 2.05. The van der Waals surface area contributed by atoms with E-state index in [1.165, 1.54) is 6.07 Å². The van der Waals surface area contributed by atoms with E-state index in [0.29, 0.717) is 16.5 Å². The molecule has 3 rings (SSSR count). The lowest BCUT2D eigenvalue weighted by atomic mass is 10.00. The molecule has 1 aliphatic carbocycles. The van der Waals surface area contributed by atoms with E-state index in [-0.39, 0.29) is 5.56 Å². The Bertz CT molecular complexity index is 856. The first-order valence-corrected chi connectivity index (χ1v) is 10.5. The van der Waals surface area contributed by atoms with Crippen LogP contribution in [0.25, 0.3) is 0 Å². The smallest absolute Gasteiger partial charge is 0.150 e. The summed E-state index contributed by atoms with van der Waals surface area (Å²) in [5.74, 6) is -1.39. The summed E-state index contributed by atoms with van der Waals surface area (Å²) >= 11 is 10.6. The zero-order valence-electron chi connectivity index (χ0n) is 15.2. The summed E-state index contributed by atoms with van der Waals surface area (Å²) in [6.07, 6.45) is 3.68. The highest BCUT2D eigenvalue weighted by atomic mass is 35.5. The van der Waals surface area contributed by atoms with E-state index in [1.54, 1.807) is 33.0 Å². The van der Waals surface area contributed by atoms with Crippen LogP contribution in [0.4, 0.5) is 8.78 Å². The van der Waals surface area contributed by atoms with Crippen molar-refractivity contribution in [2.75, 3.05) is 0 Å². The molecule has 2 aromatic rings. The van der Waals surface area contributed by atoms with Crippen molar-refractivity contribution < 1.29 is 13.3 Å². The highest BCUT2D eigenvalue weighted by Gasteiger charge is 2.34. The van der Waals surface area contributed by atoms with Crippen molar-refractivity contribution in [1.82, 2.24) is 9.71 Å². The van der Waals surface area contributed by atoms with Gasteiger partial charge >= 0.3 is 0 Å². The van der Waals surface area contributed by atoms with Gasteiger partial charge in [-0.05, 0) is 51.3 Å². The SMILES string of the molecule is CC(C)(C)[S@@+]([O-])N[C@H](c1cnc(C2CC2)c(Cl)c1)c1ccc(F)c(Cl)c1F. The highest BCUT2D eigenvalue weighted by molar-refractivity contribution is 7.90. The van der Waals surface area contributed by atoms with Gasteiger partial charge in [0.15, 0.2) is 0 Å². The topological polar surface area (TPSA) is 48.0 Å². The maximum absolute atomic E-state index is 14.7. The average molecular weight is 433 g/mol. The van der Waals surface area contributed by atoms with Gasteiger partial charge in [0.1, 0.15) is 27.4 Å². The van der Waals surface area contributed by atoms with Gasteiger partial charge in [-0.15, -0.1) is 4.72 Å². The summed E-state index contributed by atoms with van der Waals surface area (Å²) in [5, 5.41) is -0.119. The standard InChI is InChI=1S/C19H20Cl2F2N2OS/c1-19(2,3)27(26)25-17(12-6-7-14(22)15(21)16(12)23)11-8-13(20)18(24-9-11)10-4-5-10/h6-10,17,25H,4-5H2,1-3H3/t17-,27-/m1/s1. The molecule has 1 heterocycles. The Kier molecular flexibility index (Phi) is 6.04. The van der Waals surface area contributed by atoms with Crippen LogP contribution >= 0.6 is 23.2 Å². The quantitative estimate of drug-likeness (QED) is 0.487. The third-order valence-corrected chi connectivity index (χ3v) is 6.56. The molecule has 1 N–H and O–H groups in total. The molecule has 1 fully saturated rings. The number of hydrogen-bond acceptors (Lipinski definition) is 3. The van der Waals surface area contributed by atoms with Crippen LogP contribution in [-0.2, 0) is 11.4 Å². The molecule has 8 heteroatoms. The number of rotatable bonds is 5. The van der Waals surface area contributed by atoms with Gasteiger partial charge in [0.2, 0.25) is 0 Å². The fourth-order valence-corrected chi connectivity index (χ4v) is 3.97. The van der Waals surface area contributed by atoms with E-state index in [2.05, 4.69) is 9.71 Å². The lowest BCUT2D eigenvalue weighted by Crippen LogP contribution is -2.41. The van der Waals surface area contributed by atoms with Gasteiger partial charge in [-0.1, -0.05) is 29.3 Å². The predicted octanol–water partition coefficient (Wildman–Crippen LogP) is 5.69. The molecule has 1 aromatic heterocycles. The third kappa shape index (κ3) is 4.57. The van der Waals surface area contributed by atoms with Crippen LogP contribution in [0.15, 0.2) is 24.4 Å². The number of hydrogen-bond donors (Lipinski definition) is 1. The summed E-state index contributed by atoms with van der Waals surface area (Å²) in [4.78, 5) is 4.43. The molecule has 0 amide bonds. The van der Waals surface area contributed by atoms with Crippen LogP contribution in [0.3, 0.4) is 0 Å². The summed E-state index contributed by atoms with van der Waals surface area (Å²) in [6.45, 7) is 5.38. The largest absolute Gasteiger partial charge is 0.598 e. The molecule has 0 saturated heterocycles. The van der Waals surface area contributed by atoms with Crippen LogP contribution in [0, 0.1) is 11.6 Å². The van der Waals surface area contributed by atoms with E-state index >= 15 is 0 Å². The van der Waals surface area contributed by atoms with Crippen LogP contribution in [0.5, 0.6) is 0 Å². The normalized spacial score (nSPS) is 17.0. The van der Waals surface area contributed by atoms with Crippen LogP contribution in [0.2, 0.25) is 10.0 Å². The predicted molar refractivity (Wildman–Crippen MR) is 105 cm³/mol. The number of pyridine rings is 1. The second kappa shape index (κ2) is 7.84. The van der Waals surface area contributed by atoms with Crippen molar-refractivity contribution in [3.8, 4) is 0 Å². The zero-order chi connectivity index (χ0) is 19.9. The van der Waals surface area contributed by atoms with Gasteiger partial charge in [0.05, 0.1) is 10.7 Å². The Hall–Kier alpha value is -0.920. The van der Waals surface area contributed by atoms with Gasteiger partial charge in [0, 0.05) is 29.0 Å². The van der Waals surface area contributed by atoms with Gasteiger partial charge in [0.25, 0.3) is 0 Å². The molecule has 0 radical (unpaired) electrons. The second-order valence-electron chi connectivity index (χ2n) is 7.61. The molecule has 0 bridgehead atoms. The van der Waals surface area contributed by atoms with Crippen molar-refractivity contribution in [3.05, 3.63) is 62.9 Å². The first-order chi connectivity index (χ1) is 12.6. The molecule has 146 valence electrons. The van der Waals surface area contributed by atoms with Crippen LogP contribution < -0.4 is 4.72 Å². The Morgan fingerprint density at radius 2 is 1.93 bits per heavy atom. The highest BCUT2D eigenvalue weighted by Crippen LogP contribution is 2.43. The molecule has 1 aromatic carbocycles. The number of halogens is 4. The number of benzene rings is 1. The number of aromatic nitrogens is 1. The summed E-state index contributed by atoms with van der Waals surface area (Å²) in [6, 6.07) is 3.22. The molecule has 0 spiro atoms. The minimum Gasteiger partial charge on any atom is -0.598 e. The van der Waals surface area contributed by atoms with E-state index in [0.717, 1.165) is 24.6 Å². The van der Waals surface area contributed by atoms with E-state index < -0.39 is 38.8 Å². The maximum Gasteiger partial charge on any atom is 0.150 e. The summed E-state index contributed by atoms with van der Waals surface area (Å²) in [7, 11) is 0. The third-order valence-electron chi connectivity index (χ3n) is 4.35. The van der Waals surface area contributed by atoms with Crippen molar-refractivity contribution in [1.29, 1.82) is 0 Å².